The van der Waals surface area contributed by atoms with E-state index in [1.54, 1.807) is 12.1 Å². The SMILES string of the molecule is O=C(O)CCN(CCC(=O)O)c1nnc(-c2ccccc2)o1. The maximum absolute atomic E-state index is 10.7. The highest BCUT2D eigenvalue weighted by Gasteiger charge is 2.17. The highest BCUT2D eigenvalue weighted by Crippen LogP contribution is 2.21. The molecule has 0 unspecified atom stereocenters. The molecular weight excluding hydrogens is 290 g/mol. The molecule has 0 aliphatic carbocycles. The topological polar surface area (TPSA) is 117 Å². The van der Waals surface area contributed by atoms with Crippen LogP contribution in [0.3, 0.4) is 0 Å². The van der Waals surface area contributed by atoms with Gasteiger partial charge in [0.2, 0.25) is 5.89 Å². The Hall–Kier alpha value is -2.90. The van der Waals surface area contributed by atoms with E-state index in [0.717, 1.165) is 5.56 Å². The molecule has 0 aliphatic heterocycles. The third-order valence-electron chi connectivity index (χ3n) is 2.90. The fraction of sp³-hybridized carbons (Fsp3) is 0.286. The summed E-state index contributed by atoms with van der Waals surface area (Å²) in [7, 11) is 0. The highest BCUT2D eigenvalue weighted by atomic mass is 16.4. The summed E-state index contributed by atoms with van der Waals surface area (Å²) in [5.74, 6) is -1.67. The van der Waals surface area contributed by atoms with Crippen molar-refractivity contribution in [1.82, 2.24) is 10.2 Å². The molecule has 0 fully saturated rings. The predicted molar refractivity (Wildman–Crippen MR) is 76.5 cm³/mol. The van der Waals surface area contributed by atoms with Gasteiger partial charge >= 0.3 is 18.0 Å². The van der Waals surface area contributed by atoms with E-state index < -0.39 is 11.9 Å². The number of carbonyl (C=O) groups is 2. The molecule has 2 rings (SSSR count). The molecule has 0 radical (unpaired) electrons. The number of hydrogen-bond donors (Lipinski definition) is 2. The zero-order chi connectivity index (χ0) is 15.9. The number of carboxylic acid groups (broad SMARTS) is 2. The zero-order valence-electron chi connectivity index (χ0n) is 11.7. The van der Waals surface area contributed by atoms with Gasteiger partial charge in [0.25, 0.3) is 0 Å². The van der Waals surface area contributed by atoms with Crippen LogP contribution >= 0.6 is 0 Å². The molecule has 1 aromatic heterocycles. The smallest absolute Gasteiger partial charge is 0.318 e. The van der Waals surface area contributed by atoms with Gasteiger partial charge in [0.15, 0.2) is 0 Å². The molecule has 0 aliphatic rings. The van der Waals surface area contributed by atoms with E-state index in [2.05, 4.69) is 10.2 Å². The lowest BCUT2D eigenvalue weighted by molar-refractivity contribution is -0.137. The van der Waals surface area contributed by atoms with Gasteiger partial charge in [-0.25, -0.2) is 0 Å². The summed E-state index contributed by atoms with van der Waals surface area (Å²) >= 11 is 0. The second-order valence-corrected chi connectivity index (χ2v) is 4.53. The van der Waals surface area contributed by atoms with Crippen LogP contribution in [0.2, 0.25) is 0 Å². The molecule has 1 aromatic carbocycles. The summed E-state index contributed by atoms with van der Waals surface area (Å²) in [6, 6.07) is 9.22. The predicted octanol–water partition coefficient (Wildman–Crippen LogP) is 1.49. The molecule has 0 atom stereocenters. The number of carboxylic acids is 2. The Balaban J connectivity index is 2.14. The van der Waals surface area contributed by atoms with Crippen LogP contribution in [0.4, 0.5) is 6.01 Å². The highest BCUT2D eigenvalue weighted by molar-refractivity contribution is 5.68. The summed E-state index contributed by atoms with van der Waals surface area (Å²) in [5.41, 5.74) is 0.734. The van der Waals surface area contributed by atoms with Crippen molar-refractivity contribution in [3.8, 4) is 11.5 Å². The molecule has 116 valence electrons. The number of nitrogens with zero attached hydrogens (tertiary/aromatic N) is 3. The number of rotatable bonds is 8. The first-order valence-corrected chi connectivity index (χ1v) is 6.63. The molecule has 0 saturated heterocycles. The molecule has 0 saturated carbocycles. The van der Waals surface area contributed by atoms with Gasteiger partial charge in [0.05, 0.1) is 12.8 Å². The van der Waals surface area contributed by atoms with Gasteiger partial charge in [-0.2, -0.15) is 0 Å². The van der Waals surface area contributed by atoms with Crippen LogP contribution in [0.5, 0.6) is 0 Å². The molecule has 22 heavy (non-hydrogen) atoms. The van der Waals surface area contributed by atoms with Crippen LogP contribution in [0.15, 0.2) is 34.7 Å². The van der Waals surface area contributed by atoms with E-state index in [-0.39, 0.29) is 31.9 Å². The van der Waals surface area contributed by atoms with Crippen molar-refractivity contribution in [2.24, 2.45) is 0 Å². The van der Waals surface area contributed by atoms with Gasteiger partial charge in [0.1, 0.15) is 0 Å². The second kappa shape index (κ2) is 7.21. The lowest BCUT2D eigenvalue weighted by atomic mass is 10.2. The number of anilines is 1. The Bertz CT molecular complexity index is 623. The Kier molecular flexibility index (Phi) is 5.07. The van der Waals surface area contributed by atoms with Crippen LogP contribution < -0.4 is 4.90 Å². The molecule has 2 aromatic rings. The average molecular weight is 305 g/mol. The fourth-order valence-corrected chi connectivity index (χ4v) is 1.80. The van der Waals surface area contributed by atoms with E-state index >= 15 is 0 Å². The van der Waals surface area contributed by atoms with Crippen molar-refractivity contribution in [2.75, 3.05) is 18.0 Å². The Morgan fingerprint density at radius 2 is 1.59 bits per heavy atom. The zero-order valence-corrected chi connectivity index (χ0v) is 11.7. The maximum Gasteiger partial charge on any atom is 0.318 e. The van der Waals surface area contributed by atoms with Gasteiger partial charge in [-0.3, -0.25) is 9.59 Å². The number of hydrogen-bond acceptors (Lipinski definition) is 6. The van der Waals surface area contributed by atoms with Gasteiger partial charge in [-0.15, -0.1) is 5.10 Å². The van der Waals surface area contributed by atoms with E-state index in [0.29, 0.717) is 5.89 Å². The monoisotopic (exact) mass is 305 g/mol. The normalized spacial score (nSPS) is 10.4. The quantitative estimate of drug-likeness (QED) is 0.753. The first-order chi connectivity index (χ1) is 10.6. The first-order valence-electron chi connectivity index (χ1n) is 6.63. The van der Waals surface area contributed by atoms with Crippen LogP contribution in [0, 0.1) is 0 Å². The molecule has 1 heterocycles. The maximum atomic E-state index is 10.7. The standard InChI is InChI=1S/C14H15N3O5/c18-11(19)6-8-17(9-7-12(20)21)14-16-15-13(22-14)10-4-2-1-3-5-10/h1-5H,6-9H2,(H,18,19)(H,20,21). The minimum absolute atomic E-state index is 0.0963. The summed E-state index contributed by atoms with van der Waals surface area (Å²) in [4.78, 5) is 22.8. The first kappa shape index (κ1) is 15.5. The molecular formula is C14H15N3O5. The average Bonchev–Trinajstić information content (AvgIpc) is 2.97. The van der Waals surface area contributed by atoms with Crippen molar-refractivity contribution in [3.63, 3.8) is 0 Å². The number of aromatic nitrogens is 2. The summed E-state index contributed by atoms with van der Waals surface area (Å²) in [6.45, 7) is 0.193. The molecule has 2 N–H and O–H groups in total. The summed E-state index contributed by atoms with van der Waals surface area (Å²) in [5, 5.41) is 25.3. The van der Waals surface area contributed by atoms with E-state index in [1.807, 2.05) is 18.2 Å². The van der Waals surface area contributed by atoms with Gasteiger partial charge in [-0.05, 0) is 12.1 Å². The Morgan fingerprint density at radius 1 is 1.00 bits per heavy atom. The van der Waals surface area contributed by atoms with Crippen LogP contribution in [-0.2, 0) is 9.59 Å². The minimum Gasteiger partial charge on any atom is -0.481 e. The Labute approximate surface area is 126 Å². The lowest BCUT2D eigenvalue weighted by Gasteiger charge is -2.17. The van der Waals surface area contributed by atoms with E-state index in [4.69, 9.17) is 14.6 Å². The molecule has 8 nitrogen and oxygen atoms in total. The molecule has 0 bridgehead atoms. The van der Waals surface area contributed by atoms with Gasteiger partial charge in [0, 0.05) is 18.7 Å². The molecule has 0 amide bonds. The van der Waals surface area contributed by atoms with Crippen molar-refractivity contribution in [3.05, 3.63) is 30.3 Å². The largest absolute Gasteiger partial charge is 0.481 e. The van der Waals surface area contributed by atoms with Crippen LogP contribution in [0.1, 0.15) is 12.8 Å². The fourth-order valence-electron chi connectivity index (χ4n) is 1.80. The number of benzene rings is 1. The van der Waals surface area contributed by atoms with Crippen molar-refractivity contribution >= 4 is 18.0 Å². The van der Waals surface area contributed by atoms with Crippen LogP contribution in [-0.4, -0.2) is 45.4 Å². The van der Waals surface area contributed by atoms with Crippen molar-refractivity contribution in [2.45, 2.75) is 12.8 Å². The van der Waals surface area contributed by atoms with E-state index in [1.165, 1.54) is 4.90 Å². The summed E-state index contributed by atoms with van der Waals surface area (Å²) < 4.78 is 5.51. The molecule has 0 spiro atoms. The van der Waals surface area contributed by atoms with Gasteiger partial charge < -0.3 is 19.5 Å². The van der Waals surface area contributed by atoms with E-state index in [9.17, 15) is 9.59 Å². The third-order valence-corrected chi connectivity index (χ3v) is 2.90. The third kappa shape index (κ3) is 4.30. The number of aliphatic carboxylic acids is 2. The summed E-state index contributed by atoms with van der Waals surface area (Å²) in [6.07, 6.45) is -0.300. The van der Waals surface area contributed by atoms with Crippen LogP contribution in [0.25, 0.3) is 11.5 Å². The van der Waals surface area contributed by atoms with Gasteiger partial charge in [-0.1, -0.05) is 23.3 Å². The minimum atomic E-state index is -0.983. The molecule has 8 heteroatoms. The Morgan fingerprint density at radius 3 is 2.14 bits per heavy atom. The lowest BCUT2D eigenvalue weighted by Crippen LogP contribution is -2.29. The van der Waals surface area contributed by atoms with Crippen molar-refractivity contribution < 1.29 is 24.2 Å². The second-order valence-electron chi connectivity index (χ2n) is 4.53. The van der Waals surface area contributed by atoms with Crippen molar-refractivity contribution in [1.29, 1.82) is 0 Å².